The number of aliphatic hydroxyl groups excluding tert-OH is 1. The zero-order chi connectivity index (χ0) is 34.6. The smallest absolute Gasteiger partial charge is 0.388 e. The highest BCUT2D eigenvalue weighted by molar-refractivity contribution is 6.34. The monoisotopic (exact) mass is 709 g/mol. The lowest BCUT2D eigenvalue weighted by molar-refractivity contribution is -0.135. The molecule has 0 fully saturated rings. The topological polar surface area (TPSA) is 112 Å². The Hall–Kier alpha value is -3.65. The highest BCUT2D eigenvalue weighted by Crippen LogP contribution is 2.40. The van der Waals surface area contributed by atoms with Crippen LogP contribution in [0.4, 0.5) is 18.9 Å². The molecule has 10 nitrogen and oxygen atoms in total. The van der Waals surface area contributed by atoms with Gasteiger partial charge in [-0.3, -0.25) is 9.69 Å². The van der Waals surface area contributed by atoms with Crippen molar-refractivity contribution in [3.63, 3.8) is 0 Å². The molecule has 1 heterocycles. The molecular weight excluding hydrogens is 678 g/mol. The number of rotatable bonds is 13. The summed E-state index contributed by atoms with van der Waals surface area (Å²) in [5.74, 6) is -2.84. The summed E-state index contributed by atoms with van der Waals surface area (Å²) in [6.45, 7) is 3.16. The maximum absolute atomic E-state index is 14.4. The fraction of sp³-hybridized carbons (Fsp3) is 0.367. The predicted molar refractivity (Wildman–Crippen MR) is 169 cm³/mol. The van der Waals surface area contributed by atoms with Crippen LogP contribution in [0.3, 0.4) is 0 Å². The van der Waals surface area contributed by atoms with E-state index in [1.165, 1.54) is 7.05 Å². The summed E-state index contributed by atoms with van der Waals surface area (Å²) in [5.41, 5.74) is 2.73. The quantitative estimate of drug-likeness (QED) is 0.0649. The van der Waals surface area contributed by atoms with Gasteiger partial charge in [-0.25, -0.2) is 13.9 Å². The Bertz CT molecular complexity index is 1540. The second-order valence-electron chi connectivity index (χ2n) is 9.19. The van der Waals surface area contributed by atoms with Crippen molar-refractivity contribution in [1.29, 1.82) is 0 Å². The number of methoxy groups -OCH3 is 1. The van der Waals surface area contributed by atoms with Crippen LogP contribution in [0.25, 0.3) is 11.3 Å². The first-order valence-corrected chi connectivity index (χ1v) is 14.9. The Morgan fingerprint density at radius 3 is 2.48 bits per heavy atom. The van der Waals surface area contributed by atoms with Gasteiger partial charge in [-0.05, 0) is 43.5 Å². The lowest BCUT2D eigenvalue weighted by Crippen LogP contribution is -2.35. The average Bonchev–Trinajstić information content (AvgIpc) is 3.29. The fourth-order valence-electron chi connectivity index (χ4n) is 3.98. The van der Waals surface area contributed by atoms with Gasteiger partial charge in [0.2, 0.25) is 11.8 Å². The summed E-state index contributed by atoms with van der Waals surface area (Å²) in [6.07, 6.45) is 1.65. The lowest BCUT2D eigenvalue weighted by Gasteiger charge is -2.25. The molecule has 0 radical (unpaired) electrons. The van der Waals surface area contributed by atoms with Crippen LogP contribution in [0, 0.1) is 12.7 Å². The molecular formula is C30H33Cl3F3N3O7. The third kappa shape index (κ3) is 10.4. The average molecular weight is 711 g/mol. The van der Waals surface area contributed by atoms with Gasteiger partial charge >= 0.3 is 12.6 Å². The third-order valence-electron chi connectivity index (χ3n) is 6.09. The van der Waals surface area contributed by atoms with Crippen molar-refractivity contribution in [3.8, 4) is 22.9 Å². The van der Waals surface area contributed by atoms with E-state index in [-0.39, 0.29) is 45.6 Å². The normalized spacial score (nSPS) is 11.2. The van der Waals surface area contributed by atoms with E-state index in [4.69, 9.17) is 44.3 Å². The number of aliphatic hydroxyl groups is 1. The van der Waals surface area contributed by atoms with E-state index in [0.717, 1.165) is 53.2 Å². The molecule has 0 saturated heterocycles. The number of nitrogens with zero attached hydrogens (tertiary/aromatic N) is 3. The summed E-state index contributed by atoms with van der Waals surface area (Å²) in [5, 5.41) is 13.0. The first-order valence-electron chi connectivity index (χ1n) is 13.6. The van der Waals surface area contributed by atoms with Crippen molar-refractivity contribution >= 4 is 52.4 Å². The number of esters is 1. The third-order valence-corrected chi connectivity index (χ3v) is 6.95. The van der Waals surface area contributed by atoms with Crippen LogP contribution in [0.5, 0.6) is 11.6 Å². The first-order chi connectivity index (χ1) is 21.8. The van der Waals surface area contributed by atoms with Crippen molar-refractivity contribution in [2.24, 2.45) is 7.05 Å². The number of ether oxygens (including phenoxy) is 4. The van der Waals surface area contributed by atoms with Gasteiger partial charge in [-0.1, -0.05) is 48.3 Å². The minimum Gasteiger partial charge on any atom is -0.508 e. The number of benzene rings is 2. The van der Waals surface area contributed by atoms with Crippen molar-refractivity contribution in [1.82, 2.24) is 9.78 Å². The Kier molecular flexibility index (Phi) is 15.5. The van der Waals surface area contributed by atoms with Crippen LogP contribution in [0.15, 0.2) is 42.2 Å². The second-order valence-corrected chi connectivity index (χ2v) is 10.2. The molecule has 0 unspecified atom stereocenters. The number of halogens is 6. The van der Waals surface area contributed by atoms with Gasteiger partial charge in [-0.15, -0.1) is 11.6 Å². The number of hydrogen-bond acceptors (Lipinski definition) is 8. The zero-order valence-electron chi connectivity index (χ0n) is 25.6. The SMILES string of the molecule is CCOCN(C(=O)CCl)c1c(C)cccc1CC.COC(=O)/C=C(\O)COc1cc(-c2nn(C)c(OC(F)F)c2Cl)c(F)cc1Cl. The number of carbonyl (C=O) groups excluding carboxylic acids is 2. The molecule has 1 N–H and O–H groups in total. The van der Waals surface area contributed by atoms with Crippen LogP contribution < -0.4 is 14.4 Å². The molecule has 0 aliphatic carbocycles. The van der Waals surface area contributed by atoms with Crippen LogP contribution in [0.2, 0.25) is 10.0 Å². The first kappa shape index (κ1) is 38.5. The molecule has 252 valence electrons. The van der Waals surface area contributed by atoms with Crippen LogP contribution in [-0.4, -0.2) is 66.3 Å². The highest BCUT2D eigenvalue weighted by Gasteiger charge is 2.24. The molecule has 46 heavy (non-hydrogen) atoms. The number of alkyl halides is 3. The summed E-state index contributed by atoms with van der Waals surface area (Å²) in [6, 6.07) is 8.04. The van der Waals surface area contributed by atoms with Crippen molar-refractivity contribution in [2.45, 2.75) is 33.8 Å². The maximum Gasteiger partial charge on any atom is 0.388 e. The van der Waals surface area contributed by atoms with E-state index < -0.39 is 36.6 Å². The molecule has 3 rings (SSSR count). The van der Waals surface area contributed by atoms with E-state index >= 15 is 0 Å². The van der Waals surface area contributed by atoms with Crippen molar-refractivity contribution in [3.05, 3.63) is 69.2 Å². The van der Waals surface area contributed by atoms with Gasteiger partial charge in [-0.2, -0.15) is 13.9 Å². The molecule has 3 aromatic rings. The summed E-state index contributed by atoms with van der Waals surface area (Å²) in [4.78, 5) is 24.6. The summed E-state index contributed by atoms with van der Waals surface area (Å²) < 4.78 is 59.5. The summed E-state index contributed by atoms with van der Waals surface area (Å²) >= 11 is 17.6. The Morgan fingerprint density at radius 2 is 1.89 bits per heavy atom. The number of anilines is 1. The van der Waals surface area contributed by atoms with Crippen molar-refractivity contribution in [2.75, 3.05) is 37.8 Å². The van der Waals surface area contributed by atoms with Gasteiger partial charge in [0.15, 0.2) is 0 Å². The molecule has 1 amide bonds. The Balaban J connectivity index is 0.000000353. The van der Waals surface area contributed by atoms with E-state index in [0.29, 0.717) is 6.61 Å². The molecule has 0 bridgehead atoms. The molecule has 16 heteroatoms. The number of carbonyl (C=O) groups is 2. The van der Waals surface area contributed by atoms with Gasteiger partial charge in [0.1, 0.15) is 47.3 Å². The second kappa shape index (κ2) is 18.5. The molecule has 0 spiro atoms. The Morgan fingerprint density at radius 1 is 1.20 bits per heavy atom. The van der Waals surface area contributed by atoms with Crippen molar-refractivity contribution < 1.29 is 46.8 Å². The largest absolute Gasteiger partial charge is 0.508 e. The van der Waals surface area contributed by atoms with Gasteiger partial charge in [0, 0.05) is 19.2 Å². The minimum atomic E-state index is -3.15. The number of amides is 1. The molecule has 2 aromatic carbocycles. The van der Waals surface area contributed by atoms with E-state index in [2.05, 4.69) is 21.5 Å². The number of aromatic nitrogens is 2. The molecule has 0 aliphatic heterocycles. The summed E-state index contributed by atoms with van der Waals surface area (Å²) in [7, 11) is 2.41. The standard InChI is InChI=1S/C16H13Cl2F3N2O5.C14H20ClNO2/c1-23-15(28-16(20)21)13(18)14(22-23)8-4-11(9(17)5-10(8)19)27-6-7(24)3-12(25)26-2;1-4-12-8-6-7-11(3)14(12)16(10-18-5-2)13(17)9-15/h3-5,16,24H,6H2,1-2H3;6-8H,4-5,9-10H2,1-3H3/b7-3-;. The predicted octanol–water partition coefficient (Wildman–Crippen LogP) is 7.25. The lowest BCUT2D eigenvalue weighted by atomic mass is 10.0. The number of hydrogen-bond donors (Lipinski definition) is 1. The van der Waals surface area contributed by atoms with Crippen LogP contribution >= 0.6 is 34.8 Å². The maximum atomic E-state index is 14.4. The molecule has 1 aromatic heterocycles. The molecule has 0 aliphatic rings. The Labute approximate surface area is 279 Å². The molecule has 0 saturated carbocycles. The van der Waals surface area contributed by atoms with E-state index in [1.54, 1.807) is 4.90 Å². The minimum absolute atomic E-state index is 0.0371. The number of aryl methyl sites for hydroxylation is 3. The fourth-order valence-corrected chi connectivity index (χ4v) is 4.64. The van der Waals surface area contributed by atoms with E-state index in [9.17, 15) is 27.9 Å². The van der Waals surface area contributed by atoms with Gasteiger partial charge in [0.25, 0.3) is 0 Å². The number of para-hydroxylation sites is 1. The van der Waals surface area contributed by atoms with Gasteiger partial charge in [0.05, 0.1) is 23.9 Å². The van der Waals surface area contributed by atoms with E-state index in [1.807, 2.05) is 32.0 Å². The zero-order valence-corrected chi connectivity index (χ0v) is 27.9. The highest BCUT2D eigenvalue weighted by atomic mass is 35.5. The van der Waals surface area contributed by atoms with Crippen LogP contribution in [0.1, 0.15) is 25.0 Å². The van der Waals surface area contributed by atoms with Crippen LogP contribution in [-0.2, 0) is 32.5 Å². The molecule has 0 atom stereocenters. The van der Waals surface area contributed by atoms with Gasteiger partial charge < -0.3 is 24.1 Å².